The van der Waals surface area contributed by atoms with Gasteiger partial charge in [0.05, 0.1) is 0 Å². The van der Waals surface area contributed by atoms with Crippen molar-refractivity contribution in [2.75, 3.05) is 6.54 Å². The van der Waals surface area contributed by atoms with Gasteiger partial charge < -0.3 is 5.32 Å². The Morgan fingerprint density at radius 1 is 1.15 bits per heavy atom. The van der Waals surface area contributed by atoms with E-state index in [0.717, 1.165) is 25.8 Å². The van der Waals surface area contributed by atoms with Gasteiger partial charge in [0.2, 0.25) is 0 Å². The minimum atomic E-state index is 0.415. The van der Waals surface area contributed by atoms with Gasteiger partial charge in [-0.1, -0.05) is 37.3 Å². The van der Waals surface area contributed by atoms with Crippen LogP contribution in [0.3, 0.4) is 0 Å². The van der Waals surface area contributed by atoms with Gasteiger partial charge in [0.25, 0.3) is 0 Å². The number of aromatic nitrogens is 1. The zero-order chi connectivity index (χ0) is 14.2. The zero-order valence-electron chi connectivity index (χ0n) is 12.5. The lowest BCUT2D eigenvalue weighted by molar-refractivity contribution is 0.497. The Morgan fingerprint density at radius 2 is 1.95 bits per heavy atom. The zero-order valence-corrected chi connectivity index (χ0v) is 12.5. The monoisotopic (exact) mass is 268 g/mol. The summed E-state index contributed by atoms with van der Waals surface area (Å²) in [6, 6.07) is 13.3. The second-order valence-electron chi connectivity index (χ2n) is 5.26. The SMILES string of the molecule is CCCNC(CCc1ccccc1)c1ccncc1C. The molecule has 20 heavy (non-hydrogen) atoms. The number of hydrogen-bond donors (Lipinski definition) is 1. The molecule has 0 aliphatic carbocycles. The van der Waals surface area contributed by atoms with Crippen LogP contribution < -0.4 is 5.32 Å². The van der Waals surface area contributed by atoms with Crippen molar-refractivity contribution < 1.29 is 0 Å². The molecule has 2 rings (SSSR count). The summed E-state index contributed by atoms with van der Waals surface area (Å²) in [4.78, 5) is 4.20. The fraction of sp³-hybridized carbons (Fsp3) is 0.389. The van der Waals surface area contributed by atoms with Crippen LogP contribution in [0.5, 0.6) is 0 Å². The third-order valence-corrected chi connectivity index (χ3v) is 3.64. The number of nitrogens with one attached hydrogen (secondary N) is 1. The fourth-order valence-electron chi connectivity index (χ4n) is 2.52. The molecule has 0 saturated carbocycles. The van der Waals surface area contributed by atoms with E-state index in [2.05, 4.69) is 60.5 Å². The summed E-state index contributed by atoms with van der Waals surface area (Å²) >= 11 is 0. The Kier molecular flexibility index (Phi) is 5.75. The molecule has 0 fully saturated rings. The molecule has 1 heterocycles. The first-order valence-electron chi connectivity index (χ1n) is 7.49. The molecule has 1 aromatic heterocycles. The highest BCUT2D eigenvalue weighted by Gasteiger charge is 2.12. The molecule has 1 unspecified atom stereocenters. The van der Waals surface area contributed by atoms with E-state index in [1.54, 1.807) is 0 Å². The lowest BCUT2D eigenvalue weighted by Gasteiger charge is -2.20. The average molecular weight is 268 g/mol. The Balaban J connectivity index is 2.06. The molecule has 2 nitrogen and oxygen atoms in total. The summed E-state index contributed by atoms with van der Waals surface area (Å²) in [6.07, 6.45) is 7.23. The van der Waals surface area contributed by atoms with Crippen LogP contribution in [-0.2, 0) is 6.42 Å². The smallest absolute Gasteiger partial charge is 0.0327 e. The van der Waals surface area contributed by atoms with Gasteiger partial charge in [0.15, 0.2) is 0 Å². The summed E-state index contributed by atoms with van der Waals surface area (Å²) in [6.45, 7) is 5.41. The Bertz CT molecular complexity index is 508. The van der Waals surface area contributed by atoms with E-state index in [4.69, 9.17) is 0 Å². The third-order valence-electron chi connectivity index (χ3n) is 3.64. The molecule has 106 valence electrons. The summed E-state index contributed by atoms with van der Waals surface area (Å²) in [5.41, 5.74) is 4.06. The van der Waals surface area contributed by atoms with Crippen LogP contribution in [0, 0.1) is 6.92 Å². The number of hydrogen-bond acceptors (Lipinski definition) is 2. The van der Waals surface area contributed by atoms with Crippen molar-refractivity contribution in [2.24, 2.45) is 0 Å². The molecule has 0 radical (unpaired) electrons. The maximum Gasteiger partial charge on any atom is 0.0327 e. The van der Waals surface area contributed by atoms with Crippen molar-refractivity contribution in [3.63, 3.8) is 0 Å². The lowest BCUT2D eigenvalue weighted by Crippen LogP contribution is -2.23. The quantitative estimate of drug-likeness (QED) is 0.819. The number of benzene rings is 1. The maximum atomic E-state index is 4.20. The van der Waals surface area contributed by atoms with Gasteiger partial charge in [0.1, 0.15) is 0 Å². The second-order valence-corrected chi connectivity index (χ2v) is 5.26. The van der Waals surface area contributed by atoms with Gasteiger partial charge in [-0.15, -0.1) is 0 Å². The molecular weight excluding hydrogens is 244 g/mol. The van der Waals surface area contributed by atoms with Crippen molar-refractivity contribution in [2.45, 2.75) is 39.2 Å². The Hall–Kier alpha value is -1.67. The molecule has 1 aromatic carbocycles. The molecule has 1 atom stereocenters. The number of pyridine rings is 1. The van der Waals surface area contributed by atoms with Gasteiger partial charge in [-0.2, -0.15) is 0 Å². The highest BCUT2D eigenvalue weighted by atomic mass is 14.9. The van der Waals surface area contributed by atoms with Gasteiger partial charge in [0, 0.05) is 18.4 Å². The first kappa shape index (κ1) is 14.7. The van der Waals surface area contributed by atoms with Crippen molar-refractivity contribution in [1.29, 1.82) is 0 Å². The topological polar surface area (TPSA) is 24.9 Å². The number of rotatable bonds is 7. The second kappa shape index (κ2) is 7.81. The van der Waals surface area contributed by atoms with Crippen molar-refractivity contribution >= 4 is 0 Å². The van der Waals surface area contributed by atoms with Crippen LogP contribution in [0.1, 0.15) is 42.5 Å². The average Bonchev–Trinajstić information content (AvgIpc) is 2.49. The van der Waals surface area contributed by atoms with Crippen molar-refractivity contribution in [3.8, 4) is 0 Å². The summed E-state index contributed by atoms with van der Waals surface area (Å²) in [5, 5.41) is 3.67. The minimum Gasteiger partial charge on any atom is -0.310 e. The van der Waals surface area contributed by atoms with E-state index in [9.17, 15) is 0 Å². The first-order valence-corrected chi connectivity index (χ1v) is 7.49. The normalized spacial score (nSPS) is 12.3. The summed E-state index contributed by atoms with van der Waals surface area (Å²) in [5.74, 6) is 0. The highest BCUT2D eigenvalue weighted by Crippen LogP contribution is 2.21. The van der Waals surface area contributed by atoms with E-state index >= 15 is 0 Å². The maximum absolute atomic E-state index is 4.20. The predicted octanol–water partition coefficient (Wildman–Crippen LogP) is 4.06. The molecule has 0 amide bonds. The lowest BCUT2D eigenvalue weighted by atomic mass is 9.97. The molecule has 0 aliphatic rings. The minimum absolute atomic E-state index is 0.415. The van der Waals surface area contributed by atoms with Gasteiger partial charge >= 0.3 is 0 Å². The van der Waals surface area contributed by atoms with Gasteiger partial charge in [-0.3, -0.25) is 4.98 Å². The van der Waals surface area contributed by atoms with Crippen LogP contribution in [0.25, 0.3) is 0 Å². The van der Waals surface area contributed by atoms with E-state index in [1.807, 2.05) is 12.4 Å². The fourth-order valence-corrected chi connectivity index (χ4v) is 2.52. The number of aryl methyl sites for hydroxylation is 2. The summed E-state index contributed by atoms with van der Waals surface area (Å²) < 4.78 is 0. The van der Waals surface area contributed by atoms with Crippen LogP contribution in [-0.4, -0.2) is 11.5 Å². The highest BCUT2D eigenvalue weighted by molar-refractivity contribution is 5.26. The molecule has 0 saturated heterocycles. The molecule has 0 bridgehead atoms. The molecule has 0 spiro atoms. The van der Waals surface area contributed by atoms with E-state index in [0.29, 0.717) is 6.04 Å². The summed E-state index contributed by atoms with van der Waals surface area (Å²) in [7, 11) is 0. The largest absolute Gasteiger partial charge is 0.310 e. The van der Waals surface area contributed by atoms with E-state index < -0.39 is 0 Å². The molecule has 1 N–H and O–H groups in total. The van der Waals surface area contributed by atoms with E-state index in [1.165, 1.54) is 16.7 Å². The molecule has 2 aromatic rings. The van der Waals surface area contributed by atoms with Crippen LogP contribution >= 0.6 is 0 Å². The first-order chi connectivity index (χ1) is 9.81. The van der Waals surface area contributed by atoms with Crippen molar-refractivity contribution in [3.05, 3.63) is 65.5 Å². The van der Waals surface area contributed by atoms with Crippen LogP contribution in [0.15, 0.2) is 48.8 Å². The van der Waals surface area contributed by atoms with Crippen molar-refractivity contribution in [1.82, 2.24) is 10.3 Å². The van der Waals surface area contributed by atoms with E-state index in [-0.39, 0.29) is 0 Å². The predicted molar refractivity (Wildman–Crippen MR) is 84.8 cm³/mol. The molecule has 2 heteroatoms. The standard InChI is InChI=1S/C18H24N2/c1-3-12-20-18(17-11-13-19-14-15(17)2)10-9-16-7-5-4-6-8-16/h4-8,11,13-14,18,20H,3,9-10,12H2,1-2H3. The third kappa shape index (κ3) is 4.17. The Labute approximate surface area is 122 Å². The van der Waals surface area contributed by atoms with Crippen LogP contribution in [0.4, 0.5) is 0 Å². The Morgan fingerprint density at radius 3 is 2.65 bits per heavy atom. The molecule has 0 aliphatic heterocycles. The number of nitrogens with zero attached hydrogens (tertiary/aromatic N) is 1. The van der Waals surface area contributed by atoms with Crippen LogP contribution in [0.2, 0.25) is 0 Å². The van der Waals surface area contributed by atoms with Gasteiger partial charge in [-0.05, 0) is 55.5 Å². The molecular formula is C18H24N2. The van der Waals surface area contributed by atoms with Gasteiger partial charge in [-0.25, -0.2) is 0 Å².